The van der Waals surface area contributed by atoms with Crippen LogP contribution in [-0.4, -0.2) is 25.8 Å². The first kappa shape index (κ1) is 14.5. The SMILES string of the molecule is CCN(CC)S(=O)(=O)Nc1ccc(CBr)cc1. The highest BCUT2D eigenvalue weighted by atomic mass is 79.9. The molecule has 0 heterocycles. The lowest BCUT2D eigenvalue weighted by Crippen LogP contribution is -2.35. The molecule has 0 radical (unpaired) electrons. The Morgan fingerprint density at radius 1 is 1.18 bits per heavy atom. The topological polar surface area (TPSA) is 49.4 Å². The third-order valence-corrected chi connectivity index (χ3v) is 4.74. The van der Waals surface area contributed by atoms with E-state index >= 15 is 0 Å². The smallest absolute Gasteiger partial charge is 0.271 e. The van der Waals surface area contributed by atoms with Crippen molar-refractivity contribution in [3.8, 4) is 0 Å². The van der Waals surface area contributed by atoms with Gasteiger partial charge in [0, 0.05) is 24.1 Å². The monoisotopic (exact) mass is 320 g/mol. The summed E-state index contributed by atoms with van der Waals surface area (Å²) in [6.07, 6.45) is 0. The van der Waals surface area contributed by atoms with Gasteiger partial charge in [-0.05, 0) is 17.7 Å². The van der Waals surface area contributed by atoms with Crippen molar-refractivity contribution in [1.29, 1.82) is 0 Å². The zero-order valence-corrected chi connectivity index (χ0v) is 12.4. The molecule has 0 aliphatic carbocycles. The fourth-order valence-corrected chi connectivity index (χ4v) is 3.06. The predicted molar refractivity (Wildman–Crippen MR) is 74.5 cm³/mol. The zero-order chi connectivity index (χ0) is 12.9. The van der Waals surface area contributed by atoms with Gasteiger partial charge < -0.3 is 0 Å². The van der Waals surface area contributed by atoms with E-state index in [2.05, 4.69) is 20.7 Å². The number of alkyl halides is 1. The number of halogens is 1. The van der Waals surface area contributed by atoms with Gasteiger partial charge in [0.25, 0.3) is 0 Å². The second-order valence-corrected chi connectivity index (χ2v) is 5.75. The first-order valence-corrected chi connectivity index (χ1v) is 8.02. The Bertz CT molecular complexity index is 441. The van der Waals surface area contributed by atoms with Gasteiger partial charge in [-0.1, -0.05) is 41.9 Å². The van der Waals surface area contributed by atoms with Crippen molar-refractivity contribution in [2.45, 2.75) is 19.2 Å². The summed E-state index contributed by atoms with van der Waals surface area (Å²) in [7, 11) is -3.42. The van der Waals surface area contributed by atoms with E-state index in [0.717, 1.165) is 10.9 Å². The minimum Gasteiger partial charge on any atom is -0.271 e. The van der Waals surface area contributed by atoms with Crippen LogP contribution in [0.4, 0.5) is 5.69 Å². The summed E-state index contributed by atoms with van der Waals surface area (Å²) in [5.74, 6) is 0. The molecule has 0 fully saturated rings. The molecule has 0 aromatic heterocycles. The fourth-order valence-electron chi connectivity index (χ4n) is 1.44. The minimum absolute atomic E-state index is 0.464. The zero-order valence-electron chi connectivity index (χ0n) is 9.98. The van der Waals surface area contributed by atoms with Crippen molar-refractivity contribution in [3.63, 3.8) is 0 Å². The molecule has 1 aromatic rings. The molecule has 0 atom stereocenters. The number of hydrogen-bond donors (Lipinski definition) is 1. The summed E-state index contributed by atoms with van der Waals surface area (Å²) in [4.78, 5) is 0. The Hall–Kier alpha value is -0.590. The molecule has 4 nitrogen and oxygen atoms in total. The van der Waals surface area contributed by atoms with Gasteiger partial charge in [-0.2, -0.15) is 12.7 Å². The Morgan fingerprint density at radius 2 is 1.71 bits per heavy atom. The van der Waals surface area contributed by atoms with Crippen molar-refractivity contribution < 1.29 is 8.42 Å². The van der Waals surface area contributed by atoms with E-state index in [-0.39, 0.29) is 0 Å². The van der Waals surface area contributed by atoms with Crippen LogP contribution in [0, 0.1) is 0 Å². The first-order chi connectivity index (χ1) is 8.03. The summed E-state index contributed by atoms with van der Waals surface area (Å²) < 4.78 is 27.8. The Morgan fingerprint density at radius 3 is 2.12 bits per heavy atom. The maximum absolute atomic E-state index is 11.9. The molecule has 6 heteroatoms. The molecule has 17 heavy (non-hydrogen) atoms. The van der Waals surface area contributed by atoms with Crippen LogP contribution in [-0.2, 0) is 15.5 Å². The van der Waals surface area contributed by atoms with Crippen LogP contribution in [0.2, 0.25) is 0 Å². The molecule has 0 bridgehead atoms. The van der Waals surface area contributed by atoms with Gasteiger partial charge in [0.15, 0.2) is 0 Å². The van der Waals surface area contributed by atoms with Crippen LogP contribution in [0.25, 0.3) is 0 Å². The lowest BCUT2D eigenvalue weighted by Gasteiger charge is -2.19. The van der Waals surface area contributed by atoms with Gasteiger partial charge in [0.1, 0.15) is 0 Å². The molecule has 0 aliphatic rings. The molecule has 0 spiro atoms. The molecule has 0 saturated heterocycles. The van der Waals surface area contributed by atoms with Crippen molar-refractivity contribution in [2.75, 3.05) is 17.8 Å². The van der Waals surface area contributed by atoms with Crippen molar-refractivity contribution in [1.82, 2.24) is 4.31 Å². The number of anilines is 1. The lowest BCUT2D eigenvalue weighted by atomic mass is 10.2. The lowest BCUT2D eigenvalue weighted by molar-refractivity contribution is 0.449. The van der Waals surface area contributed by atoms with E-state index in [1.54, 1.807) is 12.1 Å². The Kier molecular flexibility index (Phi) is 5.42. The fraction of sp³-hybridized carbons (Fsp3) is 0.455. The summed E-state index contributed by atoms with van der Waals surface area (Å²) in [6.45, 7) is 4.56. The maximum Gasteiger partial charge on any atom is 0.301 e. The summed E-state index contributed by atoms with van der Waals surface area (Å²) in [6, 6.07) is 7.29. The molecule has 1 N–H and O–H groups in total. The average molecular weight is 321 g/mol. The maximum atomic E-state index is 11.9. The normalized spacial score (nSPS) is 11.8. The molecular weight excluding hydrogens is 304 g/mol. The molecule has 0 saturated carbocycles. The molecule has 96 valence electrons. The van der Waals surface area contributed by atoms with Crippen molar-refractivity contribution in [2.24, 2.45) is 0 Å². The standard InChI is InChI=1S/C11H17BrN2O2S/c1-3-14(4-2)17(15,16)13-11-7-5-10(9-12)6-8-11/h5-8,13H,3-4,9H2,1-2H3. The van der Waals surface area contributed by atoms with Gasteiger partial charge in [0.2, 0.25) is 0 Å². The minimum atomic E-state index is -3.42. The molecular formula is C11H17BrN2O2S. The second kappa shape index (κ2) is 6.37. The number of benzene rings is 1. The highest BCUT2D eigenvalue weighted by molar-refractivity contribution is 9.08. The third-order valence-electron chi connectivity index (χ3n) is 2.40. The number of rotatable bonds is 6. The van der Waals surface area contributed by atoms with E-state index in [1.807, 2.05) is 26.0 Å². The Labute approximate surface area is 111 Å². The summed E-state index contributed by atoms with van der Waals surface area (Å²) >= 11 is 3.34. The highest BCUT2D eigenvalue weighted by Crippen LogP contribution is 2.14. The average Bonchev–Trinajstić information content (AvgIpc) is 2.30. The number of nitrogens with one attached hydrogen (secondary N) is 1. The van der Waals surface area contributed by atoms with Crippen molar-refractivity contribution in [3.05, 3.63) is 29.8 Å². The quantitative estimate of drug-likeness (QED) is 0.819. The molecule has 0 amide bonds. The molecule has 1 rings (SSSR count). The van der Waals surface area contributed by atoms with E-state index in [0.29, 0.717) is 18.8 Å². The van der Waals surface area contributed by atoms with Gasteiger partial charge in [-0.3, -0.25) is 4.72 Å². The number of nitrogens with zero attached hydrogens (tertiary/aromatic N) is 1. The summed E-state index contributed by atoms with van der Waals surface area (Å²) in [5, 5.41) is 0.760. The van der Waals surface area contributed by atoms with Crippen LogP contribution < -0.4 is 4.72 Å². The second-order valence-electron chi connectivity index (χ2n) is 3.52. The molecule has 1 aromatic carbocycles. The van der Waals surface area contributed by atoms with E-state index in [9.17, 15) is 8.42 Å². The van der Waals surface area contributed by atoms with Gasteiger partial charge in [0.05, 0.1) is 0 Å². The van der Waals surface area contributed by atoms with Crippen LogP contribution in [0.1, 0.15) is 19.4 Å². The number of hydrogen-bond acceptors (Lipinski definition) is 2. The Balaban J connectivity index is 2.82. The molecule has 0 unspecified atom stereocenters. The first-order valence-electron chi connectivity index (χ1n) is 5.46. The van der Waals surface area contributed by atoms with Crippen molar-refractivity contribution >= 4 is 31.8 Å². The van der Waals surface area contributed by atoms with E-state index < -0.39 is 10.2 Å². The van der Waals surface area contributed by atoms with Crippen LogP contribution in [0.15, 0.2) is 24.3 Å². The van der Waals surface area contributed by atoms with Gasteiger partial charge in [-0.25, -0.2) is 0 Å². The van der Waals surface area contributed by atoms with Crippen LogP contribution in [0.3, 0.4) is 0 Å². The van der Waals surface area contributed by atoms with E-state index in [4.69, 9.17) is 0 Å². The molecule has 0 aliphatic heterocycles. The van der Waals surface area contributed by atoms with Gasteiger partial charge >= 0.3 is 10.2 Å². The third kappa shape index (κ3) is 3.97. The van der Waals surface area contributed by atoms with E-state index in [1.165, 1.54) is 4.31 Å². The van der Waals surface area contributed by atoms with Crippen LogP contribution in [0.5, 0.6) is 0 Å². The highest BCUT2D eigenvalue weighted by Gasteiger charge is 2.17. The van der Waals surface area contributed by atoms with Crippen LogP contribution >= 0.6 is 15.9 Å². The van der Waals surface area contributed by atoms with Gasteiger partial charge in [-0.15, -0.1) is 0 Å². The predicted octanol–water partition coefficient (Wildman–Crippen LogP) is 2.58. The largest absolute Gasteiger partial charge is 0.301 e. The summed E-state index contributed by atoms with van der Waals surface area (Å²) in [5.41, 5.74) is 1.69.